The molecule has 0 saturated heterocycles. The second-order valence-corrected chi connectivity index (χ2v) is 3.99. The number of pyridine rings is 1. The maximum absolute atomic E-state index is 11.7. The van der Waals surface area contributed by atoms with Gasteiger partial charge in [0, 0.05) is 6.20 Å². The van der Waals surface area contributed by atoms with Crippen molar-refractivity contribution < 1.29 is 14.3 Å². The molecule has 1 aliphatic heterocycles. The largest absolute Gasteiger partial charge is 0.497 e. The normalized spacial score (nSPS) is 17.2. The summed E-state index contributed by atoms with van der Waals surface area (Å²) in [5.41, 5.74) is 2.10. The molecule has 3 rings (SSSR count). The zero-order valence-electron chi connectivity index (χ0n) is 9.79. The summed E-state index contributed by atoms with van der Waals surface area (Å²) in [5, 5.41) is 0. The lowest BCUT2D eigenvalue weighted by Crippen LogP contribution is -2.01. The number of cyclic esters (lactones) is 1. The molecule has 1 aliphatic rings. The van der Waals surface area contributed by atoms with Gasteiger partial charge in [-0.3, -0.25) is 4.98 Å². The summed E-state index contributed by atoms with van der Waals surface area (Å²) in [5.74, 6) is 0.447. The van der Waals surface area contributed by atoms with Crippen molar-refractivity contribution in [1.29, 1.82) is 0 Å². The van der Waals surface area contributed by atoms with Crippen molar-refractivity contribution in [3.8, 4) is 5.75 Å². The van der Waals surface area contributed by atoms with Gasteiger partial charge in [0.15, 0.2) is 6.10 Å². The first-order valence-electron chi connectivity index (χ1n) is 5.59. The van der Waals surface area contributed by atoms with Gasteiger partial charge >= 0.3 is 5.97 Å². The van der Waals surface area contributed by atoms with E-state index in [0.717, 1.165) is 11.3 Å². The Labute approximate surface area is 104 Å². The molecule has 90 valence electrons. The fourth-order valence-corrected chi connectivity index (χ4v) is 2.03. The first-order chi connectivity index (χ1) is 8.79. The van der Waals surface area contributed by atoms with Gasteiger partial charge in [0.1, 0.15) is 11.4 Å². The summed E-state index contributed by atoms with van der Waals surface area (Å²) in [4.78, 5) is 15.9. The molecule has 0 radical (unpaired) electrons. The monoisotopic (exact) mass is 241 g/mol. The highest BCUT2D eigenvalue weighted by atomic mass is 16.5. The van der Waals surface area contributed by atoms with Crippen LogP contribution in [0.2, 0.25) is 0 Å². The van der Waals surface area contributed by atoms with Crippen molar-refractivity contribution in [2.75, 3.05) is 7.11 Å². The third-order valence-corrected chi connectivity index (χ3v) is 2.95. The van der Waals surface area contributed by atoms with Gasteiger partial charge in [-0.2, -0.15) is 0 Å². The maximum atomic E-state index is 11.7. The number of carbonyl (C=O) groups excluding carboxylic acids is 1. The molecule has 0 N–H and O–H groups in total. The zero-order valence-corrected chi connectivity index (χ0v) is 9.79. The van der Waals surface area contributed by atoms with Gasteiger partial charge in [-0.25, -0.2) is 4.79 Å². The van der Waals surface area contributed by atoms with E-state index in [2.05, 4.69) is 4.98 Å². The molecule has 1 unspecified atom stereocenters. The quantitative estimate of drug-likeness (QED) is 0.757. The molecule has 2 heterocycles. The second-order valence-electron chi connectivity index (χ2n) is 3.99. The number of rotatable bonds is 2. The highest BCUT2D eigenvalue weighted by molar-refractivity contribution is 5.93. The van der Waals surface area contributed by atoms with E-state index in [9.17, 15) is 4.79 Å². The molecule has 1 aromatic carbocycles. The molecule has 0 saturated carbocycles. The summed E-state index contributed by atoms with van der Waals surface area (Å²) >= 11 is 0. The van der Waals surface area contributed by atoms with Gasteiger partial charge < -0.3 is 9.47 Å². The van der Waals surface area contributed by atoms with Crippen LogP contribution in [0.4, 0.5) is 0 Å². The number of nitrogens with zero attached hydrogens (tertiary/aromatic N) is 1. The number of hydrogen-bond acceptors (Lipinski definition) is 4. The van der Waals surface area contributed by atoms with Gasteiger partial charge in [0.2, 0.25) is 0 Å². The molecule has 2 aromatic rings. The standard InChI is InChI=1S/C14H11NO3/c1-17-10-6-4-9(5-7-10)13-12-11(14(16)18-13)3-2-8-15-12/h2-8,13H,1H3. The van der Waals surface area contributed by atoms with Crippen LogP contribution in [0.1, 0.15) is 27.7 Å². The lowest BCUT2D eigenvalue weighted by Gasteiger charge is -2.10. The topological polar surface area (TPSA) is 48.4 Å². The first-order valence-corrected chi connectivity index (χ1v) is 5.59. The fourth-order valence-electron chi connectivity index (χ4n) is 2.03. The van der Waals surface area contributed by atoms with Crippen LogP contribution in [-0.2, 0) is 4.74 Å². The molecule has 1 aromatic heterocycles. The second kappa shape index (κ2) is 4.14. The molecule has 0 aliphatic carbocycles. The maximum Gasteiger partial charge on any atom is 0.341 e. The van der Waals surface area contributed by atoms with Crippen molar-refractivity contribution in [3.63, 3.8) is 0 Å². The van der Waals surface area contributed by atoms with Crippen LogP contribution in [0.3, 0.4) is 0 Å². The molecule has 0 amide bonds. The minimum Gasteiger partial charge on any atom is -0.497 e. The molecule has 0 bridgehead atoms. The Morgan fingerprint density at radius 2 is 2.00 bits per heavy atom. The highest BCUT2D eigenvalue weighted by Crippen LogP contribution is 2.34. The zero-order chi connectivity index (χ0) is 12.5. The number of ether oxygens (including phenoxy) is 2. The van der Waals surface area contributed by atoms with Crippen LogP contribution >= 0.6 is 0 Å². The first kappa shape index (κ1) is 10.8. The SMILES string of the molecule is COc1ccc(C2OC(=O)c3cccnc32)cc1. The van der Waals surface area contributed by atoms with Crippen LogP contribution in [-0.4, -0.2) is 18.1 Å². The van der Waals surface area contributed by atoms with Gasteiger partial charge in [-0.05, 0) is 29.8 Å². The molecular weight excluding hydrogens is 230 g/mol. The van der Waals surface area contributed by atoms with E-state index in [4.69, 9.17) is 9.47 Å². The van der Waals surface area contributed by atoms with E-state index in [1.807, 2.05) is 24.3 Å². The van der Waals surface area contributed by atoms with E-state index in [1.54, 1.807) is 25.4 Å². The predicted molar refractivity (Wildman–Crippen MR) is 64.5 cm³/mol. The summed E-state index contributed by atoms with van der Waals surface area (Å²) in [6.45, 7) is 0. The van der Waals surface area contributed by atoms with Crippen molar-refractivity contribution in [1.82, 2.24) is 4.98 Å². The Morgan fingerprint density at radius 1 is 1.22 bits per heavy atom. The van der Waals surface area contributed by atoms with Crippen LogP contribution < -0.4 is 4.74 Å². The van der Waals surface area contributed by atoms with E-state index in [0.29, 0.717) is 11.3 Å². The summed E-state index contributed by atoms with van der Waals surface area (Å²) in [6.07, 6.45) is 1.25. The van der Waals surface area contributed by atoms with Gasteiger partial charge in [-0.1, -0.05) is 12.1 Å². The molecule has 18 heavy (non-hydrogen) atoms. The Balaban J connectivity index is 2.01. The van der Waals surface area contributed by atoms with Crippen molar-refractivity contribution >= 4 is 5.97 Å². The van der Waals surface area contributed by atoms with Crippen LogP contribution in [0.15, 0.2) is 42.6 Å². The molecule has 0 fully saturated rings. The number of fused-ring (bicyclic) bond motifs is 1. The molecule has 4 heteroatoms. The lowest BCUT2D eigenvalue weighted by atomic mass is 10.0. The number of carbonyl (C=O) groups is 1. The van der Waals surface area contributed by atoms with Gasteiger partial charge in [0.05, 0.1) is 12.7 Å². The van der Waals surface area contributed by atoms with Crippen LogP contribution in [0, 0.1) is 0 Å². The predicted octanol–water partition coefficient (Wildman–Crippen LogP) is 2.35. The minimum absolute atomic E-state index is 0.320. The van der Waals surface area contributed by atoms with E-state index < -0.39 is 6.10 Å². The summed E-state index contributed by atoms with van der Waals surface area (Å²) in [6, 6.07) is 10.9. The smallest absolute Gasteiger partial charge is 0.341 e. The van der Waals surface area contributed by atoms with Crippen molar-refractivity contribution in [2.45, 2.75) is 6.10 Å². The Bertz CT molecular complexity index is 592. The number of methoxy groups -OCH3 is 1. The number of aromatic nitrogens is 1. The highest BCUT2D eigenvalue weighted by Gasteiger charge is 2.33. The Morgan fingerprint density at radius 3 is 2.72 bits per heavy atom. The van der Waals surface area contributed by atoms with E-state index in [-0.39, 0.29) is 5.97 Å². The van der Waals surface area contributed by atoms with Crippen LogP contribution in [0.5, 0.6) is 5.75 Å². The number of hydrogen-bond donors (Lipinski definition) is 0. The van der Waals surface area contributed by atoms with Crippen LogP contribution in [0.25, 0.3) is 0 Å². The molecule has 1 atom stereocenters. The lowest BCUT2D eigenvalue weighted by molar-refractivity contribution is 0.0452. The molecule has 4 nitrogen and oxygen atoms in total. The molecular formula is C14H11NO3. The number of benzene rings is 1. The van der Waals surface area contributed by atoms with E-state index in [1.165, 1.54) is 0 Å². The third-order valence-electron chi connectivity index (χ3n) is 2.95. The Kier molecular flexibility index (Phi) is 2.48. The number of esters is 1. The minimum atomic E-state index is -0.417. The van der Waals surface area contributed by atoms with Gasteiger partial charge in [0.25, 0.3) is 0 Å². The Hall–Kier alpha value is -2.36. The summed E-state index contributed by atoms with van der Waals surface area (Å²) < 4.78 is 10.4. The third kappa shape index (κ3) is 1.62. The summed E-state index contributed by atoms with van der Waals surface area (Å²) in [7, 11) is 1.61. The van der Waals surface area contributed by atoms with Gasteiger partial charge in [-0.15, -0.1) is 0 Å². The van der Waals surface area contributed by atoms with E-state index >= 15 is 0 Å². The average molecular weight is 241 g/mol. The van der Waals surface area contributed by atoms with Crippen molar-refractivity contribution in [2.24, 2.45) is 0 Å². The molecule has 0 spiro atoms. The van der Waals surface area contributed by atoms with Crippen molar-refractivity contribution in [3.05, 3.63) is 59.4 Å². The average Bonchev–Trinajstić information content (AvgIpc) is 2.77. The fraction of sp³-hybridized carbons (Fsp3) is 0.143.